The van der Waals surface area contributed by atoms with Gasteiger partial charge in [-0.25, -0.2) is 4.98 Å². The first kappa shape index (κ1) is 5.09. The molecule has 0 aromatic carbocycles. The third-order valence-corrected chi connectivity index (χ3v) is 0.866. The van der Waals surface area contributed by atoms with Crippen molar-refractivity contribution >= 4 is 0 Å². The number of hydrogen-bond donors (Lipinski definition) is 1. The molecule has 2 heteroatoms. The molecule has 41 valence electrons. The summed E-state index contributed by atoms with van der Waals surface area (Å²) in [6.07, 6.45) is 5.77. The van der Waals surface area contributed by atoms with Gasteiger partial charge in [0.05, 0.1) is 0 Å². The molecule has 0 unspecified atom stereocenters. The molecule has 2 nitrogen and oxygen atoms in total. The molecule has 0 atom stereocenters. The number of nitrogens with one attached hydrogen (secondary N) is 1. The van der Waals surface area contributed by atoms with Gasteiger partial charge < -0.3 is 4.98 Å². The van der Waals surface area contributed by atoms with Crippen molar-refractivity contribution in [2.45, 2.75) is 6.42 Å². The zero-order valence-electron chi connectivity index (χ0n) is 4.46. The summed E-state index contributed by atoms with van der Waals surface area (Å²) in [4.78, 5) is 6.85. The summed E-state index contributed by atoms with van der Waals surface area (Å²) >= 11 is 0. The van der Waals surface area contributed by atoms with Crippen LogP contribution >= 0.6 is 0 Å². The van der Waals surface area contributed by atoms with Gasteiger partial charge in [0.2, 0.25) is 0 Å². The normalized spacial score (nSPS) is 9.00. The molecular formula is C6H7N2. The first-order valence-electron chi connectivity index (χ1n) is 2.45. The number of imidazole rings is 1. The summed E-state index contributed by atoms with van der Waals surface area (Å²) in [5.74, 6) is 0.910. The fraction of sp³-hybridized carbons (Fsp3) is 0.167. The van der Waals surface area contributed by atoms with Crippen LogP contribution in [0.2, 0.25) is 0 Å². The maximum absolute atomic E-state index is 5.13. The van der Waals surface area contributed by atoms with E-state index in [4.69, 9.17) is 6.58 Å². The van der Waals surface area contributed by atoms with Gasteiger partial charge in [-0.1, -0.05) is 12.7 Å². The molecule has 8 heavy (non-hydrogen) atoms. The lowest BCUT2D eigenvalue weighted by Crippen LogP contribution is -1.80. The van der Waals surface area contributed by atoms with E-state index >= 15 is 0 Å². The number of rotatable bonds is 2. The third kappa shape index (κ3) is 0.964. The molecule has 1 radical (unpaired) electrons. The van der Waals surface area contributed by atoms with Gasteiger partial charge in [-0.05, 0) is 0 Å². The summed E-state index contributed by atoms with van der Waals surface area (Å²) in [5.41, 5.74) is 0. The predicted molar refractivity (Wildman–Crippen MR) is 31.2 cm³/mol. The lowest BCUT2D eigenvalue weighted by atomic mass is 10.4. The standard InChI is InChI=1S/C6H7N2/c1-2-3-6-7-4-5-8-6/h1-2,4-5H,3H2,(H,7,8). The van der Waals surface area contributed by atoms with Crippen LogP contribution in [-0.4, -0.2) is 9.97 Å². The molecule has 1 heterocycles. The van der Waals surface area contributed by atoms with Crippen molar-refractivity contribution < 1.29 is 0 Å². The molecule has 0 amide bonds. The van der Waals surface area contributed by atoms with Crippen LogP contribution in [0.4, 0.5) is 0 Å². The van der Waals surface area contributed by atoms with E-state index in [1.54, 1.807) is 18.5 Å². The fourth-order valence-electron chi connectivity index (χ4n) is 0.521. The number of allylic oxidation sites excluding steroid dienone is 1. The van der Waals surface area contributed by atoms with E-state index in [2.05, 4.69) is 9.97 Å². The minimum Gasteiger partial charge on any atom is -0.348 e. The van der Waals surface area contributed by atoms with Gasteiger partial charge in [-0.15, -0.1) is 0 Å². The molecule has 0 spiro atoms. The molecule has 0 aliphatic heterocycles. The number of nitrogens with zero attached hydrogens (tertiary/aromatic N) is 1. The Hall–Kier alpha value is -1.05. The van der Waals surface area contributed by atoms with Crippen molar-refractivity contribution in [3.8, 4) is 0 Å². The van der Waals surface area contributed by atoms with E-state index in [9.17, 15) is 0 Å². The molecule has 0 saturated heterocycles. The fourth-order valence-corrected chi connectivity index (χ4v) is 0.521. The van der Waals surface area contributed by atoms with Crippen molar-refractivity contribution in [1.82, 2.24) is 9.97 Å². The van der Waals surface area contributed by atoms with E-state index < -0.39 is 0 Å². The highest BCUT2D eigenvalue weighted by Gasteiger charge is 1.85. The van der Waals surface area contributed by atoms with Crippen LogP contribution < -0.4 is 0 Å². The summed E-state index contributed by atoms with van der Waals surface area (Å²) < 4.78 is 0. The highest BCUT2D eigenvalue weighted by molar-refractivity contribution is 4.91. The van der Waals surface area contributed by atoms with E-state index in [0.717, 1.165) is 5.82 Å². The van der Waals surface area contributed by atoms with E-state index in [0.29, 0.717) is 6.42 Å². The molecular weight excluding hydrogens is 100 g/mol. The van der Waals surface area contributed by atoms with Crippen LogP contribution in [0.5, 0.6) is 0 Å². The summed E-state index contributed by atoms with van der Waals surface area (Å²) in [5, 5.41) is 0. The summed E-state index contributed by atoms with van der Waals surface area (Å²) in [6.45, 7) is 5.13. The molecule has 0 saturated carbocycles. The average molecular weight is 107 g/mol. The van der Waals surface area contributed by atoms with E-state index in [-0.39, 0.29) is 0 Å². The molecule has 0 aliphatic rings. The minimum atomic E-state index is 0.715. The van der Waals surface area contributed by atoms with Gasteiger partial charge >= 0.3 is 0 Å². The van der Waals surface area contributed by atoms with Crippen LogP contribution in [0.25, 0.3) is 0 Å². The highest BCUT2D eigenvalue weighted by atomic mass is 14.9. The van der Waals surface area contributed by atoms with Crippen LogP contribution in [0.3, 0.4) is 0 Å². The lowest BCUT2D eigenvalue weighted by Gasteiger charge is -1.81. The second-order valence-corrected chi connectivity index (χ2v) is 1.48. The first-order chi connectivity index (χ1) is 3.93. The smallest absolute Gasteiger partial charge is 0.109 e. The highest BCUT2D eigenvalue weighted by Crippen LogP contribution is 1.87. The van der Waals surface area contributed by atoms with Gasteiger partial charge in [0.1, 0.15) is 5.82 Å². The number of aromatic nitrogens is 2. The topological polar surface area (TPSA) is 28.7 Å². The third-order valence-electron chi connectivity index (χ3n) is 0.866. The second kappa shape index (κ2) is 2.31. The Morgan fingerprint density at radius 1 is 1.88 bits per heavy atom. The Labute approximate surface area is 48.3 Å². The molecule has 0 aliphatic carbocycles. The Bertz CT molecular complexity index is 153. The van der Waals surface area contributed by atoms with Crippen molar-refractivity contribution in [2.75, 3.05) is 0 Å². The molecule has 1 N–H and O–H groups in total. The van der Waals surface area contributed by atoms with Crippen LogP contribution in [0.1, 0.15) is 5.82 Å². The Morgan fingerprint density at radius 3 is 3.25 bits per heavy atom. The number of H-pyrrole nitrogens is 1. The van der Waals surface area contributed by atoms with Gasteiger partial charge in [-0.3, -0.25) is 0 Å². The van der Waals surface area contributed by atoms with E-state index in [1.807, 2.05) is 0 Å². The lowest BCUT2D eigenvalue weighted by molar-refractivity contribution is 1.06. The molecule has 1 aromatic heterocycles. The van der Waals surface area contributed by atoms with Gasteiger partial charge in [-0.2, -0.15) is 0 Å². The molecule has 1 aromatic rings. The summed E-state index contributed by atoms with van der Waals surface area (Å²) in [6, 6.07) is 0. The van der Waals surface area contributed by atoms with Gasteiger partial charge in [0.15, 0.2) is 0 Å². The zero-order chi connectivity index (χ0) is 5.82. The maximum atomic E-state index is 5.13. The molecule has 1 rings (SSSR count). The summed E-state index contributed by atoms with van der Waals surface area (Å²) in [7, 11) is 0. The Kier molecular flexibility index (Phi) is 1.47. The van der Waals surface area contributed by atoms with Crippen molar-refractivity contribution in [2.24, 2.45) is 0 Å². The van der Waals surface area contributed by atoms with Crippen LogP contribution in [0, 0.1) is 6.58 Å². The van der Waals surface area contributed by atoms with Crippen molar-refractivity contribution in [3.63, 3.8) is 0 Å². The largest absolute Gasteiger partial charge is 0.348 e. The molecule has 0 bridgehead atoms. The Balaban J connectivity index is 2.62. The average Bonchev–Trinajstić information content (AvgIpc) is 2.19. The maximum Gasteiger partial charge on any atom is 0.109 e. The zero-order valence-corrected chi connectivity index (χ0v) is 4.46. The second-order valence-electron chi connectivity index (χ2n) is 1.48. The quantitative estimate of drug-likeness (QED) is 0.598. The first-order valence-corrected chi connectivity index (χ1v) is 2.45. The van der Waals surface area contributed by atoms with Gasteiger partial charge in [0.25, 0.3) is 0 Å². The van der Waals surface area contributed by atoms with Crippen molar-refractivity contribution in [3.05, 3.63) is 30.9 Å². The monoisotopic (exact) mass is 107 g/mol. The minimum absolute atomic E-state index is 0.715. The van der Waals surface area contributed by atoms with E-state index in [1.165, 1.54) is 0 Å². The number of hydrogen-bond acceptors (Lipinski definition) is 1. The van der Waals surface area contributed by atoms with Crippen LogP contribution in [0.15, 0.2) is 18.5 Å². The number of aromatic amines is 1. The van der Waals surface area contributed by atoms with Gasteiger partial charge in [0, 0.05) is 18.8 Å². The van der Waals surface area contributed by atoms with Crippen LogP contribution in [-0.2, 0) is 6.42 Å². The predicted octanol–water partition coefficient (Wildman–Crippen LogP) is 0.941. The molecule has 0 fully saturated rings. The Morgan fingerprint density at radius 2 is 2.75 bits per heavy atom. The SMILES string of the molecule is [CH]=CCc1ncc[nH]1. The van der Waals surface area contributed by atoms with Crippen molar-refractivity contribution in [1.29, 1.82) is 0 Å².